The highest BCUT2D eigenvalue weighted by Gasteiger charge is 2.16. The first-order valence-corrected chi connectivity index (χ1v) is 9.76. The summed E-state index contributed by atoms with van der Waals surface area (Å²) in [6.07, 6.45) is 9.14. The zero-order valence-corrected chi connectivity index (χ0v) is 16.3. The lowest BCUT2D eigenvalue weighted by Crippen LogP contribution is -2.44. The fraction of sp³-hybridized carbons (Fsp3) is 0.286. The van der Waals surface area contributed by atoms with Crippen LogP contribution in [0, 0.1) is 0 Å². The lowest BCUT2D eigenvalue weighted by molar-refractivity contribution is 0.312. The largest absolute Gasteiger partial charge is 0.467 e. The Morgan fingerprint density at radius 1 is 1.03 bits per heavy atom. The van der Waals surface area contributed by atoms with Gasteiger partial charge in [-0.3, -0.25) is 4.40 Å². The van der Waals surface area contributed by atoms with E-state index in [-0.39, 0.29) is 0 Å². The summed E-state index contributed by atoms with van der Waals surface area (Å²) in [4.78, 5) is 18.4. The minimum atomic E-state index is 0.559. The van der Waals surface area contributed by atoms with Crippen molar-refractivity contribution >= 4 is 17.3 Å². The number of aromatic nitrogens is 4. The first kappa shape index (κ1) is 17.7. The summed E-state index contributed by atoms with van der Waals surface area (Å²) in [6, 6.07) is 8.01. The lowest BCUT2D eigenvalue weighted by atomic mass is 10.2. The normalized spacial score (nSPS) is 15.1. The number of hydrogen-bond acceptors (Lipinski definition) is 7. The molecule has 0 unspecified atom stereocenters. The number of rotatable bonds is 5. The predicted octanol–water partition coefficient (Wildman–Crippen LogP) is 2.75. The fourth-order valence-corrected chi connectivity index (χ4v) is 3.60. The van der Waals surface area contributed by atoms with Gasteiger partial charge in [0.05, 0.1) is 24.7 Å². The highest BCUT2D eigenvalue weighted by atomic mass is 16.3. The van der Waals surface area contributed by atoms with Crippen molar-refractivity contribution < 1.29 is 4.42 Å². The van der Waals surface area contributed by atoms with Gasteiger partial charge in [-0.25, -0.2) is 15.0 Å². The molecule has 29 heavy (non-hydrogen) atoms. The van der Waals surface area contributed by atoms with E-state index in [4.69, 9.17) is 9.40 Å². The average molecular weight is 389 g/mol. The molecule has 1 N–H and O–H groups in total. The molecule has 5 heterocycles. The Hall–Kier alpha value is -3.39. The van der Waals surface area contributed by atoms with Crippen LogP contribution < -0.4 is 10.2 Å². The molecule has 0 bridgehead atoms. The molecule has 4 aromatic rings. The molecule has 8 nitrogen and oxygen atoms in total. The number of pyridine rings is 1. The fourth-order valence-electron chi connectivity index (χ4n) is 3.60. The molecule has 1 saturated heterocycles. The van der Waals surface area contributed by atoms with Gasteiger partial charge in [0, 0.05) is 50.3 Å². The Morgan fingerprint density at radius 2 is 1.93 bits per heavy atom. The van der Waals surface area contributed by atoms with E-state index in [0.29, 0.717) is 6.54 Å². The van der Waals surface area contributed by atoms with Gasteiger partial charge in [0.15, 0.2) is 11.5 Å². The van der Waals surface area contributed by atoms with Crippen LogP contribution in [-0.2, 0) is 6.54 Å². The molecular weight excluding hydrogens is 366 g/mol. The van der Waals surface area contributed by atoms with E-state index >= 15 is 0 Å². The third-order valence-electron chi connectivity index (χ3n) is 5.31. The van der Waals surface area contributed by atoms with Crippen molar-refractivity contribution in [2.45, 2.75) is 6.54 Å². The number of nitrogens with zero attached hydrogens (tertiary/aromatic N) is 6. The SMILES string of the molecule is CN1CCN(c2ccc(-c3cnc4c(NCc5ccco5)nccn34)cn2)CC1. The molecule has 1 aliphatic heterocycles. The highest BCUT2D eigenvalue weighted by molar-refractivity contribution is 5.70. The van der Waals surface area contributed by atoms with Gasteiger partial charge >= 0.3 is 0 Å². The van der Waals surface area contributed by atoms with Gasteiger partial charge < -0.3 is 19.5 Å². The highest BCUT2D eigenvalue weighted by Crippen LogP contribution is 2.25. The number of likely N-dealkylation sites (N-methyl/N-ethyl adjacent to an activating group) is 1. The Kier molecular flexibility index (Phi) is 4.61. The number of piperazine rings is 1. The van der Waals surface area contributed by atoms with Gasteiger partial charge in [0.1, 0.15) is 11.6 Å². The third kappa shape index (κ3) is 3.54. The van der Waals surface area contributed by atoms with Gasteiger partial charge in [-0.15, -0.1) is 0 Å². The number of hydrogen-bond donors (Lipinski definition) is 1. The van der Waals surface area contributed by atoms with Crippen molar-refractivity contribution in [3.05, 3.63) is 61.1 Å². The summed E-state index contributed by atoms with van der Waals surface area (Å²) < 4.78 is 7.41. The lowest BCUT2D eigenvalue weighted by Gasteiger charge is -2.33. The maximum Gasteiger partial charge on any atom is 0.180 e. The molecule has 148 valence electrons. The summed E-state index contributed by atoms with van der Waals surface area (Å²) in [5, 5.41) is 3.30. The van der Waals surface area contributed by atoms with Crippen LogP contribution in [0.3, 0.4) is 0 Å². The van der Waals surface area contributed by atoms with Crippen molar-refractivity contribution in [1.29, 1.82) is 0 Å². The molecule has 1 aliphatic rings. The van der Waals surface area contributed by atoms with Crippen LogP contribution in [0.25, 0.3) is 16.9 Å². The maximum atomic E-state index is 5.38. The molecule has 0 aliphatic carbocycles. The van der Waals surface area contributed by atoms with E-state index in [2.05, 4.69) is 44.3 Å². The smallest absolute Gasteiger partial charge is 0.180 e. The number of furan rings is 1. The molecule has 0 radical (unpaired) electrons. The summed E-state index contributed by atoms with van der Waals surface area (Å²) in [5.41, 5.74) is 2.79. The Morgan fingerprint density at radius 3 is 2.69 bits per heavy atom. The van der Waals surface area contributed by atoms with E-state index in [1.165, 1.54) is 0 Å². The predicted molar refractivity (Wildman–Crippen MR) is 112 cm³/mol. The van der Waals surface area contributed by atoms with Gasteiger partial charge in [0.2, 0.25) is 0 Å². The number of nitrogens with one attached hydrogen (secondary N) is 1. The summed E-state index contributed by atoms with van der Waals surface area (Å²) in [6.45, 7) is 4.71. The van der Waals surface area contributed by atoms with Gasteiger partial charge in [-0.05, 0) is 31.3 Å². The number of anilines is 2. The Labute approximate surface area is 168 Å². The van der Waals surface area contributed by atoms with Crippen LogP contribution >= 0.6 is 0 Å². The minimum Gasteiger partial charge on any atom is -0.467 e. The molecule has 8 heteroatoms. The van der Waals surface area contributed by atoms with Crippen LogP contribution in [-0.4, -0.2) is 57.5 Å². The van der Waals surface area contributed by atoms with E-state index in [9.17, 15) is 0 Å². The minimum absolute atomic E-state index is 0.559. The summed E-state index contributed by atoms with van der Waals surface area (Å²) >= 11 is 0. The molecule has 0 amide bonds. The topological polar surface area (TPSA) is 74.7 Å². The second kappa shape index (κ2) is 7.56. The maximum absolute atomic E-state index is 5.38. The van der Waals surface area contributed by atoms with Crippen molar-refractivity contribution in [1.82, 2.24) is 24.3 Å². The Balaban J connectivity index is 1.38. The molecule has 1 fully saturated rings. The second-order valence-corrected chi connectivity index (χ2v) is 7.24. The first-order valence-electron chi connectivity index (χ1n) is 9.76. The molecule has 0 saturated carbocycles. The molecule has 4 aromatic heterocycles. The standard InChI is InChI=1S/C21H23N7O/c1-26-8-10-27(11-9-26)19-5-4-16(13-23-19)18-15-25-21-20(22-6-7-28(18)21)24-14-17-3-2-12-29-17/h2-7,12-13,15H,8-11,14H2,1H3,(H,22,24). The van der Waals surface area contributed by atoms with Crippen molar-refractivity contribution in [3.63, 3.8) is 0 Å². The number of fused-ring (bicyclic) bond motifs is 1. The number of imidazole rings is 1. The van der Waals surface area contributed by atoms with Gasteiger partial charge in [-0.1, -0.05) is 0 Å². The quantitative estimate of drug-likeness (QED) is 0.562. The molecule has 0 atom stereocenters. The van der Waals surface area contributed by atoms with Crippen molar-refractivity contribution in [3.8, 4) is 11.3 Å². The van der Waals surface area contributed by atoms with Crippen molar-refractivity contribution in [2.24, 2.45) is 0 Å². The van der Waals surface area contributed by atoms with Crippen LogP contribution in [0.2, 0.25) is 0 Å². The van der Waals surface area contributed by atoms with Crippen molar-refractivity contribution in [2.75, 3.05) is 43.4 Å². The van der Waals surface area contributed by atoms with Crippen LogP contribution in [0.1, 0.15) is 5.76 Å². The Bertz CT molecular complexity index is 1080. The van der Waals surface area contributed by atoms with E-state index < -0.39 is 0 Å². The van der Waals surface area contributed by atoms with E-state index in [0.717, 1.165) is 60.5 Å². The molecule has 0 spiro atoms. The van der Waals surface area contributed by atoms with Gasteiger partial charge in [0.25, 0.3) is 0 Å². The zero-order chi connectivity index (χ0) is 19.6. The molecule has 0 aromatic carbocycles. The van der Waals surface area contributed by atoms with E-state index in [1.54, 1.807) is 12.5 Å². The molecular formula is C21H23N7O. The molecule has 5 rings (SSSR count). The van der Waals surface area contributed by atoms with E-state index in [1.807, 2.05) is 35.1 Å². The monoisotopic (exact) mass is 389 g/mol. The van der Waals surface area contributed by atoms with Crippen LogP contribution in [0.15, 0.2) is 59.7 Å². The van der Waals surface area contributed by atoms with Gasteiger partial charge in [-0.2, -0.15) is 0 Å². The zero-order valence-electron chi connectivity index (χ0n) is 16.3. The third-order valence-corrected chi connectivity index (χ3v) is 5.31. The first-order chi connectivity index (χ1) is 14.3. The summed E-state index contributed by atoms with van der Waals surface area (Å²) in [5.74, 6) is 2.60. The second-order valence-electron chi connectivity index (χ2n) is 7.24. The average Bonchev–Trinajstić information content (AvgIpc) is 3.43. The van der Waals surface area contributed by atoms with Crippen LogP contribution in [0.4, 0.5) is 11.6 Å². The van der Waals surface area contributed by atoms with Crippen LogP contribution in [0.5, 0.6) is 0 Å². The summed E-state index contributed by atoms with van der Waals surface area (Å²) in [7, 11) is 2.16.